The van der Waals surface area contributed by atoms with Gasteiger partial charge in [-0.1, -0.05) is 0 Å². The van der Waals surface area contributed by atoms with E-state index in [1.165, 1.54) is 7.11 Å². The van der Waals surface area contributed by atoms with Crippen molar-refractivity contribution in [3.8, 4) is 0 Å². The normalized spacial score (nSPS) is 12.3. The van der Waals surface area contributed by atoms with E-state index in [-0.39, 0.29) is 12.8 Å². The molecule has 0 spiro atoms. The second kappa shape index (κ2) is 5.67. The number of hydrogen-bond donors (Lipinski definition) is 1. The average molecular weight is 247 g/mol. The number of methoxy groups -OCH3 is 1. The van der Waals surface area contributed by atoms with Crippen LogP contribution in [0.3, 0.4) is 0 Å². The minimum Gasteiger partial charge on any atom is -0.469 e. The van der Waals surface area contributed by atoms with E-state index in [0.717, 1.165) is 0 Å². The first-order valence-corrected chi connectivity index (χ1v) is 4.92. The Labute approximate surface area is 96.4 Å². The summed E-state index contributed by atoms with van der Waals surface area (Å²) in [5.74, 6) is -3.65. The maximum Gasteiger partial charge on any atom is 0.305 e. The summed E-state index contributed by atoms with van der Waals surface area (Å²) in [6.07, 6.45) is -0.0416. The van der Waals surface area contributed by atoms with E-state index in [0.29, 0.717) is 12.1 Å². The van der Waals surface area contributed by atoms with Crippen LogP contribution in [0.15, 0.2) is 12.1 Å². The average Bonchev–Trinajstić information content (AvgIpc) is 2.24. The molecule has 0 radical (unpaired) electrons. The lowest BCUT2D eigenvalue weighted by Crippen LogP contribution is -2.16. The monoisotopic (exact) mass is 247 g/mol. The lowest BCUT2D eigenvalue weighted by Gasteiger charge is -2.13. The first-order chi connectivity index (χ1) is 7.95. The zero-order chi connectivity index (χ0) is 13.0. The van der Waals surface area contributed by atoms with Gasteiger partial charge < -0.3 is 10.5 Å². The fraction of sp³-hybridized carbons (Fsp3) is 0.364. The van der Waals surface area contributed by atoms with Crippen LogP contribution in [0.25, 0.3) is 0 Å². The summed E-state index contributed by atoms with van der Waals surface area (Å²) in [6, 6.07) is 0.0852. The molecular weight excluding hydrogens is 235 g/mol. The van der Waals surface area contributed by atoms with Crippen LogP contribution in [0.1, 0.15) is 24.4 Å². The molecule has 1 rings (SSSR count). The first kappa shape index (κ1) is 13.5. The minimum absolute atomic E-state index is 0.0200. The van der Waals surface area contributed by atoms with Gasteiger partial charge in [0.2, 0.25) is 0 Å². The van der Waals surface area contributed by atoms with Crippen molar-refractivity contribution in [3.63, 3.8) is 0 Å². The van der Waals surface area contributed by atoms with Crippen molar-refractivity contribution in [1.82, 2.24) is 0 Å². The molecule has 0 saturated heterocycles. The van der Waals surface area contributed by atoms with Crippen molar-refractivity contribution in [1.29, 1.82) is 0 Å². The summed E-state index contributed by atoms with van der Waals surface area (Å²) in [5.41, 5.74) is 5.12. The van der Waals surface area contributed by atoms with Crippen LogP contribution in [0.2, 0.25) is 0 Å². The Morgan fingerprint density at radius 3 is 2.35 bits per heavy atom. The molecule has 6 heteroatoms. The molecule has 1 aromatic rings. The highest BCUT2D eigenvalue weighted by atomic mass is 19.1. The summed E-state index contributed by atoms with van der Waals surface area (Å²) in [7, 11) is 1.20. The maximum atomic E-state index is 13.3. The Bertz CT molecular complexity index is 400. The molecule has 94 valence electrons. The van der Waals surface area contributed by atoms with Crippen LogP contribution in [-0.4, -0.2) is 13.1 Å². The molecule has 0 heterocycles. The van der Waals surface area contributed by atoms with Gasteiger partial charge in [-0.25, -0.2) is 13.2 Å². The number of carbonyl (C=O) groups excluding carboxylic acids is 1. The van der Waals surface area contributed by atoms with E-state index >= 15 is 0 Å². The third-order valence-electron chi connectivity index (χ3n) is 2.30. The molecule has 0 aliphatic rings. The number of halogens is 3. The standard InChI is InChI=1S/C11H12F3NO2/c1-17-10(16)3-2-9(15)11-7(13)4-6(12)5-8(11)14/h4-5,9H,2-3,15H2,1H3. The molecule has 17 heavy (non-hydrogen) atoms. The number of esters is 1. The molecule has 0 amide bonds. The predicted octanol–water partition coefficient (Wildman–Crippen LogP) is 2.06. The number of ether oxygens (including phenoxy) is 1. The van der Waals surface area contributed by atoms with E-state index in [1.54, 1.807) is 0 Å². The highest BCUT2D eigenvalue weighted by Crippen LogP contribution is 2.23. The zero-order valence-electron chi connectivity index (χ0n) is 9.17. The molecule has 0 fully saturated rings. The van der Waals surface area contributed by atoms with E-state index in [4.69, 9.17) is 5.73 Å². The number of nitrogens with two attached hydrogens (primary N) is 1. The second-order valence-corrected chi connectivity index (χ2v) is 3.50. The van der Waals surface area contributed by atoms with Gasteiger partial charge in [-0.2, -0.15) is 0 Å². The summed E-state index contributed by atoms with van der Waals surface area (Å²) < 4.78 is 43.6. The van der Waals surface area contributed by atoms with Crippen LogP contribution < -0.4 is 5.73 Å². The number of hydrogen-bond acceptors (Lipinski definition) is 3. The van der Waals surface area contributed by atoms with Crippen LogP contribution in [0.4, 0.5) is 13.2 Å². The van der Waals surface area contributed by atoms with Crippen molar-refractivity contribution in [3.05, 3.63) is 35.1 Å². The van der Waals surface area contributed by atoms with Crippen LogP contribution >= 0.6 is 0 Å². The fourth-order valence-electron chi connectivity index (χ4n) is 1.43. The van der Waals surface area contributed by atoms with Gasteiger partial charge in [-0.05, 0) is 6.42 Å². The summed E-state index contributed by atoms with van der Waals surface area (Å²) in [6.45, 7) is 0. The Morgan fingerprint density at radius 2 is 1.88 bits per heavy atom. The fourth-order valence-corrected chi connectivity index (χ4v) is 1.43. The van der Waals surface area contributed by atoms with Gasteiger partial charge >= 0.3 is 5.97 Å². The largest absolute Gasteiger partial charge is 0.469 e. The maximum absolute atomic E-state index is 13.3. The van der Waals surface area contributed by atoms with E-state index in [2.05, 4.69) is 4.74 Å². The van der Waals surface area contributed by atoms with Crippen molar-refractivity contribution in [2.24, 2.45) is 5.73 Å². The quantitative estimate of drug-likeness (QED) is 0.828. The van der Waals surface area contributed by atoms with Gasteiger partial charge in [-0.3, -0.25) is 4.79 Å². The Hall–Kier alpha value is -1.56. The molecule has 0 aromatic heterocycles. The van der Waals surface area contributed by atoms with Crippen molar-refractivity contribution >= 4 is 5.97 Å². The number of carbonyl (C=O) groups is 1. The van der Waals surface area contributed by atoms with Crippen LogP contribution in [0.5, 0.6) is 0 Å². The predicted molar refractivity (Wildman–Crippen MR) is 54.5 cm³/mol. The lowest BCUT2D eigenvalue weighted by atomic mass is 10.0. The van der Waals surface area contributed by atoms with Crippen molar-refractivity contribution in [2.75, 3.05) is 7.11 Å². The van der Waals surface area contributed by atoms with Gasteiger partial charge in [0, 0.05) is 30.2 Å². The smallest absolute Gasteiger partial charge is 0.305 e. The molecular formula is C11H12F3NO2. The van der Waals surface area contributed by atoms with Crippen molar-refractivity contribution in [2.45, 2.75) is 18.9 Å². The van der Waals surface area contributed by atoms with Gasteiger partial charge in [0.05, 0.1) is 7.11 Å². The van der Waals surface area contributed by atoms with Crippen LogP contribution in [-0.2, 0) is 9.53 Å². The highest BCUT2D eigenvalue weighted by Gasteiger charge is 2.19. The zero-order valence-corrected chi connectivity index (χ0v) is 9.17. The van der Waals surface area contributed by atoms with E-state index < -0.39 is 35.0 Å². The summed E-state index contributed by atoms with van der Waals surface area (Å²) in [5, 5.41) is 0. The molecule has 0 aliphatic carbocycles. The number of benzene rings is 1. The van der Waals surface area contributed by atoms with Gasteiger partial charge in [-0.15, -0.1) is 0 Å². The summed E-state index contributed by atoms with van der Waals surface area (Å²) >= 11 is 0. The minimum atomic E-state index is -1.06. The molecule has 3 nitrogen and oxygen atoms in total. The molecule has 1 unspecified atom stereocenters. The van der Waals surface area contributed by atoms with Crippen LogP contribution in [0, 0.1) is 17.5 Å². The highest BCUT2D eigenvalue weighted by molar-refractivity contribution is 5.69. The number of rotatable bonds is 4. The molecule has 0 saturated carbocycles. The lowest BCUT2D eigenvalue weighted by molar-refractivity contribution is -0.140. The third kappa shape index (κ3) is 3.45. The molecule has 0 aliphatic heterocycles. The van der Waals surface area contributed by atoms with Gasteiger partial charge in [0.15, 0.2) is 0 Å². The second-order valence-electron chi connectivity index (χ2n) is 3.50. The van der Waals surface area contributed by atoms with E-state index in [1.807, 2.05) is 0 Å². The topological polar surface area (TPSA) is 52.3 Å². The molecule has 2 N–H and O–H groups in total. The molecule has 1 aromatic carbocycles. The molecule has 0 bridgehead atoms. The Balaban J connectivity index is 2.82. The Morgan fingerprint density at radius 1 is 1.35 bits per heavy atom. The Kier molecular flexibility index (Phi) is 4.51. The molecule has 1 atom stereocenters. The van der Waals surface area contributed by atoms with E-state index in [9.17, 15) is 18.0 Å². The third-order valence-corrected chi connectivity index (χ3v) is 2.30. The van der Waals surface area contributed by atoms with Crippen molar-refractivity contribution < 1.29 is 22.7 Å². The van der Waals surface area contributed by atoms with Gasteiger partial charge in [0.1, 0.15) is 17.5 Å². The van der Waals surface area contributed by atoms with Gasteiger partial charge in [0.25, 0.3) is 0 Å². The SMILES string of the molecule is COC(=O)CCC(N)c1c(F)cc(F)cc1F. The summed E-state index contributed by atoms with van der Waals surface area (Å²) in [4.78, 5) is 10.8. The first-order valence-electron chi connectivity index (χ1n) is 4.92.